The Hall–Kier alpha value is -2.46. The summed E-state index contributed by atoms with van der Waals surface area (Å²) in [7, 11) is 0. The lowest BCUT2D eigenvalue weighted by Gasteiger charge is -2.14. The van der Waals surface area contributed by atoms with Crippen LogP contribution in [0.25, 0.3) is 0 Å². The molecule has 1 unspecified atom stereocenters. The first-order chi connectivity index (χ1) is 11.2. The van der Waals surface area contributed by atoms with E-state index >= 15 is 0 Å². The second-order valence-corrected chi connectivity index (χ2v) is 5.82. The van der Waals surface area contributed by atoms with Crippen LogP contribution in [0.2, 0.25) is 0 Å². The molecule has 3 aromatic rings. The smallest absolute Gasteiger partial charge is 0.226 e. The van der Waals surface area contributed by atoms with Crippen molar-refractivity contribution in [1.29, 1.82) is 0 Å². The summed E-state index contributed by atoms with van der Waals surface area (Å²) in [5, 5.41) is 4.22. The zero-order valence-electron chi connectivity index (χ0n) is 13.2. The average molecular weight is 307 g/mol. The highest BCUT2D eigenvalue weighted by molar-refractivity contribution is 5.37. The van der Waals surface area contributed by atoms with Crippen LogP contribution in [0.1, 0.15) is 42.1 Å². The number of hydrogen-bond acceptors (Lipinski definition) is 4. The molecule has 0 amide bonds. The molecule has 2 aromatic carbocycles. The van der Waals surface area contributed by atoms with E-state index in [2.05, 4.69) is 34.4 Å². The monoisotopic (exact) mass is 307 g/mol. The van der Waals surface area contributed by atoms with Gasteiger partial charge < -0.3 is 10.3 Å². The molecule has 3 rings (SSSR count). The van der Waals surface area contributed by atoms with Crippen LogP contribution in [-0.2, 0) is 6.42 Å². The first-order valence-corrected chi connectivity index (χ1v) is 7.92. The number of aromatic nitrogens is 2. The Balaban J connectivity index is 1.93. The predicted molar refractivity (Wildman–Crippen MR) is 90.1 cm³/mol. The number of aryl methyl sites for hydroxylation is 1. The lowest BCUT2D eigenvalue weighted by molar-refractivity contribution is 0.367. The Kier molecular flexibility index (Phi) is 4.83. The van der Waals surface area contributed by atoms with Gasteiger partial charge in [-0.1, -0.05) is 65.8 Å². The fraction of sp³-hybridized carbons (Fsp3) is 0.263. The summed E-state index contributed by atoms with van der Waals surface area (Å²) in [6.07, 6.45) is 1.55. The minimum atomic E-state index is -0.0230. The molecular weight excluding hydrogens is 286 g/mol. The third-order valence-electron chi connectivity index (χ3n) is 3.82. The van der Waals surface area contributed by atoms with Crippen LogP contribution >= 0.6 is 0 Å². The Bertz CT molecular complexity index is 683. The zero-order chi connectivity index (χ0) is 16.1. The van der Waals surface area contributed by atoms with Gasteiger partial charge in [0, 0.05) is 12.5 Å². The molecule has 118 valence electrons. The van der Waals surface area contributed by atoms with Crippen molar-refractivity contribution in [1.82, 2.24) is 10.1 Å². The molecule has 0 spiro atoms. The van der Waals surface area contributed by atoms with Crippen LogP contribution in [-0.4, -0.2) is 16.2 Å². The van der Waals surface area contributed by atoms with E-state index in [9.17, 15) is 0 Å². The maximum atomic E-state index is 5.80. The highest BCUT2D eigenvalue weighted by atomic mass is 16.5. The zero-order valence-corrected chi connectivity index (χ0v) is 13.2. The van der Waals surface area contributed by atoms with Crippen molar-refractivity contribution >= 4 is 0 Å². The standard InChI is InChI=1S/C19H21N3O/c1-14(20)12-13-17-21-19(22-23-17)18(15-8-4-2-5-9-15)16-10-6-3-7-11-16/h2-11,14,18H,12-13,20H2,1H3. The van der Waals surface area contributed by atoms with Crippen molar-refractivity contribution in [2.45, 2.75) is 31.7 Å². The highest BCUT2D eigenvalue weighted by Crippen LogP contribution is 2.29. The van der Waals surface area contributed by atoms with Crippen molar-refractivity contribution in [3.05, 3.63) is 83.5 Å². The van der Waals surface area contributed by atoms with Gasteiger partial charge in [-0.15, -0.1) is 0 Å². The summed E-state index contributed by atoms with van der Waals surface area (Å²) in [5.41, 5.74) is 8.10. The van der Waals surface area contributed by atoms with Crippen LogP contribution in [0.4, 0.5) is 0 Å². The Morgan fingerprint density at radius 1 is 0.957 bits per heavy atom. The summed E-state index contributed by atoms with van der Waals surface area (Å²) < 4.78 is 5.42. The molecule has 0 fully saturated rings. The van der Waals surface area contributed by atoms with Crippen LogP contribution in [0.15, 0.2) is 65.2 Å². The summed E-state index contributed by atoms with van der Waals surface area (Å²) in [6.45, 7) is 1.98. The van der Waals surface area contributed by atoms with E-state index in [4.69, 9.17) is 10.3 Å². The van der Waals surface area contributed by atoms with E-state index in [1.807, 2.05) is 43.3 Å². The first kappa shape index (κ1) is 15.4. The Morgan fingerprint density at radius 3 is 2.04 bits per heavy atom. The predicted octanol–water partition coefficient (Wildman–Crippen LogP) is 3.53. The van der Waals surface area contributed by atoms with Gasteiger partial charge in [-0.2, -0.15) is 4.98 Å². The van der Waals surface area contributed by atoms with E-state index in [-0.39, 0.29) is 12.0 Å². The van der Waals surface area contributed by atoms with E-state index in [0.29, 0.717) is 18.1 Å². The normalized spacial score (nSPS) is 12.5. The molecule has 4 nitrogen and oxygen atoms in total. The van der Waals surface area contributed by atoms with E-state index in [1.54, 1.807) is 0 Å². The molecule has 1 heterocycles. The fourth-order valence-corrected chi connectivity index (χ4v) is 2.62. The highest BCUT2D eigenvalue weighted by Gasteiger charge is 2.22. The molecule has 4 heteroatoms. The van der Waals surface area contributed by atoms with Crippen LogP contribution in [0.5, 0.6) is 0 Å². The lowest BCUT2D eigenvalue weighted by Crippen LogP contribution is -2.15. The molecule has 0 aliphatic rings. The van der Waals surface area contributed by atoms with Gasteiger partial charge in [-0.25, -0.2) is 0 Å². The topological polar surface area (TPSA) is 64.9 Å². The number of hydrogen-bond donors (Lipinski definition) is 1. The second kappa shape index (κ2) is 7.20. The molecule has 0 radical (unpaired) electrons. The first-order valence-electron chi connectivity index (χ1n) is 7.92. The number of nitrogens with zero attached hydrogens (tertiary/aromatic N) is 2. The van der Waals surface area contributed by atoms with Crippen molar-refractivity contribution in [3.8, 4) is 0 Å². The van der Waals surface area contributed by atoms with Gasteiger partial charge in [-0.3, -0.25) is 0 Å². The molecule has 23 heavy (non-hydrogen) atoms. The summed E-state index contributed by atoms with van der Waals surface area (Å²) in [6, 6.07) is 20.6. The van der Waals surface area contributed by atoms with Crippen LogP contribution in [0.3, 0.4) is 0 Å². The maximum Gasteiger partial charge on any atom is 0.226 e. The summed E-state index contributed by atoms with van der Waals surface area (Å²) in [4.78, 5) is 4.60. The Labute approximate surface area is 136 Å². The SMILES string of the molecule is CC(N)CCc1nc(C(c2ccccc2)c2ccccc2)no1. The van der Waals surface area contributed by atoms with E-state index in [0.717, 1.165) is 17.5 Å². The van der Waals surface area contributed by atoms with Crippen molar-refractivity contribution < 1.29 is 4.52 Å². The third-order valence-corrected chi connectivity index (χ3v) is 3.82. The molecule has 1 aromatic heterocycles. The molecule has 0 bridgehead atoms. The fourth-order valence-electron chi connectivity index (χ4n) is 2.62. The molecule has 0 aliphatic heterocycles. The minimum Gasteiger partial charge on any atom is -0.339 e. The van der Waals surface area contributed by atoms with Crippen LogP contribution in [0, 0.1) is 0 Å². The van der Waals surface area contributed by atoms with Crippen molar-refractivity contribution in [3.63, 3.8) is 0 Å². The molecule has 0 saturated carbocycles. The van der Waals surface area contributed by atoms with Crippen molar-refractivity contribution in [2.24, 2.45) is 5.73 Å². The number of nitrogens with two attached hydrogens (primary N) is 1. The summed E-state index contributed by atoms with van der Waals surface area (Å²) >= 11 is 0. The molecular formula is C19H21N3O. The maximum absolute atomic E-state index is 5.80. The van der Waals surface area contributed by atoms with Gasteiger partial charge in [0.2, 0.25) is 5.89 Å². The number of rotatable bonds is 6. The second-order valence-electron chi connectivity index (χ2n) is 5.82. The van der Waals surface area contributed by atoms with Gasteiger partial charge in [0.05, 0.1) is 5.92 Å². The third kappa shape index (κ3) is 3.85. The van der Waals surface area contributed by atoms with Gasteiger partial charge in [0.15, 0.2) is 5.82 Å². The van der Waals surface area contributed by atoms with Gasteiger partial charge in [-0.05, 0) is 24.5 Å². The molecule has 0 aliphatic carbocycles. The molecule has 0 saturated heterocycles. The molecule has 1 atom stereocenters. The molecule has 2 N–H and O–H groups in total. The quantitative estimate of drug-likeness (QED) is 0.756. The van der Waals surface area contributed by atoms with Crippen molar-refractivity contribution in [2.75, 3.05) is 0 Å². The van der Waals surface area contributed by atoms with Gasteiger partial charge in [0.25, 0.3) is 0 Å². The minimum absolute atomic E-state index is 0.0230. The van der Waals surface area contributed by atoms with Gasteiger partial charge >= 0.3 is 0 Å². The van der Waals surface area contributed by atoms with E-state index in [1.165, 1.54) is 0 Å². The lowest BCUT2D eigenvalue weighted by atomic mass is 9.91. The largest absolute Gasteiger partial charge is 0.339 e. The number of benzene rings is 2. The van der Waals surface area contributed by atoms with E-state index < -0.39 is 0 Å². The Morgan fingerprint density at radius 2 is 1.52 bits per heavy atom. The van der Waals surface area contributed by atoms with Crippen LogP contribution < -0.4 is 5.73 Å². The summed E-state index contributed by atoms with van der Waals surface area (Å²) in [5.74, 6) is 1.32. The average Bonchev–Trinajstić information content (AvgIpc) is 3.04. The van der Waals surface area contributed by atoms with Gasteiger partial charge in [0.1, 0.15) is 0 Å².